The molecule has 0 aliphatic carbocycles. The Labute approximate surface area is 82.5 Å². The summed E-state index contributed by atoms with van der Waals surface area (Å²) in [4.78, 5) is 26.4. The van der Waals surface area contributed by atoms with Crippen molar-refractivity contribution in [1.82, 2.24) is 9.80 Å². The summed E-state index contributed by atoms with van der Waals surface area (Å²) < 4.78 is 0. The maximum atomic E-state index is 11.7. The molecule has 0 aromatic rings. The Bertz CT molecular complexity index is 292. The standard InChI is InChI=1S/C10H12N2O2/c1-3-11-5-7-8(9(11)13)6-12(4-2)10(7)14/h3-4,7-8H,1-2,5-6H2. The van der Waals surface area contributed by atoms with Gasteiger partial charge in [0.1, 0.15) is 0 Å². The number of carbonyl (C=O) groups is 2. The number of fused-ring (bicyclic) bond motifs is 1. The molecule has 2 saturated heterocycles. The molecule has 14 heavy (non-hydrogen) atoms. The van der Waals surface area contributed by atoms with Crippen LogP contribution < -0.4 is 0 Å². The van der Waals surface area contributed by atoms with Crippen molar-refractivity contribution in [3.63, 3.8) is 0 Å². The van der Waals surface area contributed by atoms with E-state index >= 15 is 0 Å². The smallest absolute Gasteiger partial charge is 0.232 e. The van der Waals surface area contributed by atoms with E-state index in [0.717, 1.165) is 0 Å². The Morgan fingerprint density at radius 3 is 1.64 bits per heavy atom. The van der Waals surface area contributed by atoms with Gasteiger partial charge in [-0.2, -0.15) is 0 Å². The molecule has 0 radical (unpaired) electrons. The molecular formula is C10H12N2O2. The van der Waals surface area contributed by atoms with Gasteiger partial charge in [-0.25, -0.2) is 0 Å². The van der Waals surface area contributed by atoms with Gasteiger partial charge in [-0.05, 0) is 12.4 Å². The first-order valence-corrected chi connectivity index (χ1v) is 4.55. The van der Waals surface area contributed by atoms with Gasteiger partial charge in [0.15, 0.2) is 0 Å². The second kappa shape index (κ2) is 2.97. The topological polar surface area (TPSA) is 40.6 Å². The van der Waals surface area contributed by atoms with Crippen molar-refractivity contribution in [3.8, 4) is 0 Å². The van der Waals surface area contributed by atoms with Crippen LogP contribution in [0.5, 0.6) is 0 Å². The molecule has 2 fully saturated rings. The number of hydrogen-bond acceptors (Lipinski definition) is 2. The van der Waals surface area contributed by atoms with E-state index in [9.17, 15) is 9.59 Å². The fourth-order valence-electron chi connectivity index (χ4n) is 2.11. The maximum Gasteiger partial charge on any atom is 0.232 e. The van der Waals surface area contributed by atoms with Crippen LogP contribution in [0.25, 0.3) is 0 Å². The zero-order chi connectivity index (χ0) is 10.3. The van der Waals surface area contributed by atoms with E-state index in [1.54, 1.807) is 0 Å². The van der Waals surface area contributed by atoms with Crippen LogP contribution in [-0.2, 0) is 9.59 Å². The molecule has 2 aliphatic heterocycles. The minimum Gasteiger partial charge on any atom is -0.319 e. The Morgan fingerprint density at radius 1 is 1.00 bits per heavy atom. The average Bonchev–Trinajstić information content (AvgIpc) is 2.66. The lowest BCUT2D eigenvalue weighted by atomic mass is 10.00. The minimum atomic E-state index is -0.196. The van der Waals surface area contributed by atoms with Crippen LogP contribution in [0.3, 0.4) is 0 Å². The number of amides is 2. The van der Waals surface area contributed by atoms with Gasteiger partial charge in [-0.1, -0.05) is 13.2 Å². The highest BCUT2D eigenvalue weighted by Crippen LogP contribution is 2.33. The normalized spacial score (nSPS) is 30.9. The van der Waals surface area contributed by atoms with Crippen LogP contribution in [0, 0.1) is 11.8 Å². The molecule has 2 unspecified atom stereocenters. The van der Waals surface area contributed by atoms with Gasteiger partial charge in [0.25, 0.3) is 0 Å². The molecule has 2 heterocycles. The van der Waals surface area contributed by atoms with Crippen LogP contribution in [0.4, 0.5) is 0 Å². The van der Waals surface area contributed by atoms with E-state index in [1.807, 2.05) is 0 Å². The van der Waals surface area contributed by atoms with Crippen LogP contribution in [0.1, 0.15) is 0 Å². The maximum absolute atomic E-state index is 11.7. The molecule has 0 spiro atoms. The number of hydrogen-bond donors (Lipinski definition) is 0. The number of carbonyl (C=O) groups excluding carboxylic acids is 2. The molecule has 4 heteroatoms. The molecule has 0 N–H and O–H groups in total. The molecule has 4 nitrogen and oxygen atoms in total. The van der Waals surface area contributed by atoms with Crippen LogP contribution in [0.2, 0.25) is 0 Å². The second-order valence-corrected chi connectivity index (χ2v) is 3.56. The van der Waals surface area contributed by atoms with E-state index in [-0.39, 0.29) is 23.7 Å². The third kappa shape index (κ3) is 0.999. The van der Waals surface area contributed by atoms with Gasteiger partial charge in [0, 0.05) is 13.1 Å². The third-order valence-corrected chi connectivity index (χ3v) is 2.91. The van der Waals surface area contributed by atoms with Crippen LogP contribution in [-0.4, -0.2) is 34.7 Å². The number of rotatable bonds is 2. The highest BCUT2D eigenvalue weighted by atomic mass is 16.2. The van der Waals surface area contributed by atoms with E-state index in [1.165, 1.54) is 22.2 Å². The first kappa shape index (κ1) is 8.99. The van der Waals surface area contributed by atoms with Crippen molar-refractivity contribution < 1.29 is 9.59 Å². The predicted octanol–water partition coefficient (Wildman–Crippen LogP) is 0.190. The highest BCUT2D eigenvalue weighted by Gasteiger charge is 2.50. The third-order valence-electron chi connectivity index (χ3n) is 2.91. The summed E-state index contributed by atoms with van der Waals surface area (Å²) in [5.41, 5.74) is 0. The molecule has 74 valence electrons. The largest absolute Gasteiger partial charge is 0.319 e. The van der Waals surface area contributed by atoms with Gasteiger partial charge >= 0.3 is 0 Å². The van der Waals surface area contributed by atoms with Crippen molar-refractivity contribution in [1.29, 1.82) is 0 Å². The lowest BCUT2D eigenvalue weighted by Gasteiger charge is -2.15. The van der Waals surface area contributed by atoms with Gasteiger partial charge < -0.3 is 9.80 Å². The molecule has 2 atom stereocenters. The summed E-state index contributed by atoms with van der Waals surface area (Å²) in [5, 5.41) is 0. The Hall–Kier alpha value is -1.58. The molecule has 2 rings (SSSR count). The van der Waals surface area contributed by atoms with Gasteiger partial charge in [0.05, 0.1) is 11.8 Å². The lowest BCUT2D eigenvalue weighted by Crippen LogP contribution is -2.29. The van der Waals surface area contributed by atoms with Crippen LogP contribution >= 0.6 is 0 Å². The van der Waals surface area contributed by atoms with Crippen molar-refractivity contribution in [2.24, 2.45) is 11.8 Å². The first-order valence-electron chi connectivity index (χ1n) is 4.55. The first-order chi connectivity index (χ1) is 6.69. The highest BCUT2D eigenvalue weighted by molar-refractivity contribution is 5.95. The summed E-state index contributed by atoms with van der Waals surface area (Å²) in [6.45, 7) is 8.03. The lowest BCUT2D eigenvalue weighted by molar-refractivity contribution is -0.129. The molecule has 0 saturated carbocycles. The van der Waals surface area contributed by atoms with Crippen molar-refractivity contribution in [2.75, 3.05) is 13.1 Å². The van der Waals surface area contributed by atoms with Crippen LogP contribution in [0.15, 0.2) is 25.6 Å². The van der Waals surface area contributed by atoms with E-state index in [4.69, 9.17) is 0 Å². The zero-order valence-corrected chi connectivity index (χ0v) is 7.85. The molecule has 0 aromatic heterocycles. The van der Waals surface area contributed by atoms with Gasteiger partial charge in [0.2, 0.25) is 11.8 Å². The van der Waals surface area contributed by atoms with Crippen molar-refractivity contribution >= 4 is 11.8 Å². The summed E-state index contributed by atoms with van der Waals surface area (Å²) in [6.07, 6.45) is 2.98. The summed E-state index contributed by atoms with van der Waals surface area (Å²) in [6, 6.07) is 0. The SMILES string of the molecule is C=CN1CC2C(=O)N(C=C)CC2C1=O. The minimum absolute atomic E-state index is 0.00250. The number of nitrogens with zero attached hydrogens (tertiary/aromatic N) is 2. The molecule has 0 aromatic carbocycles. The van der Waals surface area contributed by atoms with Gasteiger partial charge in [-0.3, -0.25) is 9.59 Å². The number of likely N-dealkylation sites (tertiary alicyclic amines) is 2. The summed E-state index contributed by atoms with van der Waals surface area (Å²) >= 11 is 0. The van der Waals surface area contributed by atoms with E-state index in [0.29, 0.717) is 13.1 Å². The zero-order valence-electron chi connectivity index (χ0n) is 7.85. The Balaban J connectivity index is 2.23. The van der Waals surface area contributed by atoms with E-state index < -0.39 is 0 Å². The van der Waals surface area contributed by atoms with Crippen molar-refractivity contribution in [2.45, 2.75) is 0 Å². The fraction of sp³-hybridized carbons (Fsp3) is 0.400. The van der Waals surface area contributed by atoms with Gasteiger partial charge in [-0.15, -0.1) is 0 Å². The quantitative estimate of drug-likeness (QED) is 0.626. The molecular weight excluding hydrogens is 180 g/mol. The molecule has 2 aliphatic rings. The monoisotopic (exact) mass is 192 g/mol. The van der Waals surface area contributed by atoms with Crippen molar-refractivity contribution in [3.05, 3.63) is 25.6 Å². The fourth-order valence-corrected chi connectivity index (χ4v) is 2.11. The summed E-state index contributed by atoms with van der Waals surface area (Å²) in [7, 11) is 0. The predicted molar refractivity (Wildman–Crippen MR) is 50.8 cm³/mol. The van der Waals surface area contributed by atoms with E-state index in [2.05, 4.69) is 13.2 Å². The molecule has 0 bridgehead atoms. The molecule has 2 amide bonds. The summed E-state index contributed by atoms with van der Waals surface area (Å²) in [5.74, 6) is -0.387. The Morgan fingerprint density at radius 2 is 1.36 bits per heavy atom. The Kier molecular flexibility index (Phi) is 1.91. The average molecular weight is 192 g/mol. The second-order valence-electron chi connectivity index (χ2n) is 3.56.